The Morgan fingerprint density at radius 2 is 2.05 bits per heavy atom. The van der Waals surface area contributed by atoms with Crippen LogP contribution in [0.3, 0.4) is 0 Å². The minimum absolute atomic E-state index is 0.230. The van der Waals surface area contributed by atoms with Gasteiger partial charge in [0.25, 0.3) is 0 Å². The molecule has 0 amide bonds. The highest BCUT2D eigenvalue weighted by Gasteiger charge is 2.15. The molecule has 0 aliphatic heterocycles. The first-order valence-corrected chi connectivity index (χ1v) is 6.93. The van der Waals surface area contributed by atoms with Crippen LogP contribution in [0.2, 0.25) is 0 Å². The van der Waals surface area contributed by atoms with Crippen LogP contribution >= 0.6 is 0 Å². The standard InChI is InChI=1S/C17H22N2/c1-4-9-19-17(15-7-5-6-13(2)11-15)16-12-18-10-8-14(16)3/h5-8,10-12,17,19H,4,9H2,1-3H3. The van der Waals surface area contributed by atoms with Gasteiger partial charge in [-0.1, -0.05) is 36.8 Å². The molecule has 19 heavy (non-hydrogen) atoms. The van der Waals surface area contributed by atoms with Gasteiger partial charge in [-0.15, -0.1) is 0 Å². The number of pyridine rings is 1. The van der Waals surface area contributed by atoms with E-state index in [0.29, 0.717) is 0 Å². The van der Waals surface area contributed by atoms with Crippen molar-refractivity contribution in [3.05, 3.63) is 65.0 Å². The minimum Gasteiger partial charge on any atom is -0.306 e. The molecule has 0 spiro atoms. The Morgan fingerprint density at radius 3 is 2.74 bits per heavy atom. The highest BCUT2D eigenvalue weighted by molar-refractivity contribution is 5.36. The van der Waals surface area contributed by atoms with Crippen molar-refractivity contribution in [3.8, 4) is 0 Å². The summed E-state index contributed by atoms with van der Waals surface area (Å²) >= 11 is 0. The number of hydrogen-bond donors (Lipinski definition) is 1. The molecule has 0 fully saturated rings. The van der Waals surface area contributed by atoms with E-state index in [1.54, 1.807) is 0 Å². The van der Waals surface area contributed by atoms with E-state index < -0.39 is 0 Å². The molecule has 1 aromatic heterocycles. The van der Waals surface area contributed by atoms with E-state index in [1.807, 2.05) is 12.4 Å². The van der Waals surface area contributed by atoms with Crippen molar-refractivity contribution in [1.82, 2.24) is 10.3 Å². The van der Waals surface area contributed by atoms with Gasteiger partial charge in [0.1, 0.15) is 0 Å². The van der Waals surface area contributed by atoms with Crippen LogP contribution in [0.5, 0.6) is 0 Å². The molecule has 0 saturated heterocycles. The number of nitrogens with one attached hydrogen (secondary N) is 1. The predicted molar refractivity (Wildman–Crippen MR) is 80.3 cm³/mol. The number of nitrogens with zero attached hydrogens (tertiary/aromatic N) is 1. The fourth-order valence-electron chi connectivity index (χ4n) is 2.32. The molecule has 1 heterocycles. The second-order valence-electron chi connectivity index (χ2n) is 5.03. The molecule has 1 N–H and O–H groups in total. The zero-order valence-corrected chi connectivity index (χ0v) is 12.0. The van der Waals surface area contributed by atoms with Crippen molar-refractivity contribution in [2.45, 2.75) is 33.2 Å². The van der Waals surface area contributed by atoms with Gasteiger partial charge >= 0.3 is 0 Å². The molecule has 1 atom stereocenters. The third kappa shape index (κ3) is 3.42. The SMILES string of the molecule is CCCNC(c1cccc(C)c1)c1cnccc1C. The summed E-state index contributed by atoms with van der Waals surface area (Å²) < 4.78 is 0. The second-order valence-corrected chi connectivity index (χ2v) is 5.03. The zero-order chi connectivity index (χ0) is 13.7. The first-order valence-electron chi connectivity index (χ1n) is 6.93. The van der Waals surface area contributed by atoms with Crippen LogP contribution in [0, 0.1) is 13.8 Å². The van der Waals surface area contributed by atoms with Gasteiger partial charge in [0.2, 0.25) is 0 Å². The Balaban J connectivity index is 2.38. The van der Waals surface area contributed by atoms with Gasteiger partial charge in [0.05, 0.1) is 6.04 Å². The number of rotatable bonds is 5. The van der Waals surface area contributed by atoms with E-state index in [0.717, 1.165) is 13.0 Å². The highest BCUT2D eigenvalue weighted by Crippen LogP contribution is 2.24. The predicted octanol–water partition coefficient (Wildman–Crippen LogP) is 3.79. The van der Waals surface area contributed by atoms with Crippen LogP contribution in [-0.2, 0) is 0 Å². The lowest BCUT2D eigenvalue weighted by molar-refractivity contribution is 0.594. The van der Waals surface area contributed by atoms with Gasteiger partial charge in [-0.05, 0) is 49.6 Å². The maximum absolute atomic E-state index is 4.28. The van der Waals surface area contributed by atoms with E-state index in [4.69, 9.17) is 0 Å². The quantitative estimate of drug-likeness (QED) is 0.878. The van der Waals surface area contributed by atoms with E-state index in [2.05, 4.69) is 61.4 Å². The molecule has 0 bridgehead atoms. The monoisotopic (exact) mass is 254 g/mol. The largest absolute Gasteiger partial charge is 0.306 e. The number of hydrogen-bond acceptors (Lipinski definition) is 2. The smallest absolute Gasteiger partial charge is 0.0594 e. The van der Waals surface area contributed by atoms with Gasteiger partial charge in [-0.25, -0.2) is 0 Å². The van der Waals surface area contributed by atoms with Crippen molar-refractivity contribution < 1.29 is 0 Å². The summed E-state index contributed by atoms with van der Waals surface area (Å²) in [5.74, 6) is 0. The summed E-state index contributed by atoms with van der Waals surface area (Å²) in [7, 11) is 0. The summed E-state index contributed by atoms with van der Waals surface area (Å²) in [5.41, 5.74) is 5.15. The van der Waals surface area contributed by atoms with E-state index in [1.165, 1.54) is 22.3 Å². The van der Waals surface area contributed by atoms with Gasteiger partial charge < -0.3 is 5.32 Å². The van der Waals surface area contributed by atoms with Crippen molar-refractivity contribution >= 4 is 0 Å². The summed E-state index contributed by atoms with van der Waals surface area (Å²) in [4.78, 5) is 4.28. The molecule has 2 rings (SSSR count). The average Bonchev–Trinajstić information content (AvgIpc) is 2.41. The number of aromatic nitrogens is 1. The maximum atomic E-state index is 4.28. The van der Waals surface area contributed by atoms with E-state index in [-0.39, 0.29) is 6.04 Å². The molecule has 2 nitrogen and oxygen atoms in total. The Bertz CT molecular complexity index is 534. The lowest BCUT2D eigenvalue weighted by Crippen LogP contribution is -2.24. The molecule has 0 radical (unpaired) electrons. The molecule has 1 unspecified atom stereocenters. The fourth-order valence-corrected chi connectivity index (χ4v) is 2.32. The van der Waals surface area contributed by atoms with Crippen LogP contribution in [0.15, 0.2) is 42.7 Å². The van der Waals surface area contributed by atoms with Crippen LogP contribution in [0.4, 0.5) is 0 Å². The third-order valence-electron chi connectivity index (χ3n) is 3.36. The number of benzene rings is 1. The second kappa shape index (κ2) is 6.48. The lowest BCUT2D eigenvalue weighted by atomic mass is 9.95. The zero-order valence-electron chi connectivity index (χ0n) is 12.0. The van der Waals surface area contributed by atoms with Crippen molar-refractivity contribution in [2.24, 2.45) is 0 Å². The first-order chi connectivity index (χ1) is 9.22. The van der Waals surface area contributed by atoms with Crippen molar-refractivity contribution in [3.63, 3.8) is 0 Å². The van der Waals surface area contributed by atoms with E-state index >= 15 is 0 Å². The highest BCUT2D eigenvalue weighted by atomic mass is 14.9. The summed E-state index contributed by atoms with van der Waals surface area (Å²) in [5, 5.41) is 3.63. The van der Waals surface area contributed by atoms with Crippen molar-refractivity contribution in [1.29, 1.82) is 0 Å². The average molecular weight is 254 g/mol. The summed E-state index contributed by atoms with van der Waals surface area (Å²) in [6.07, 6.45) is 4.96. The van der Waals surface area contributed by atoms with Gasteiger partial charge in [-0.3, -0.25) is 4.98 Å². The molecule has 1 aromatic carbocycles. The molecule has 2 heteroatoms. The minimum atomic E-state index is 0.230. The molecular weight excluding hydrogens is 232 g/mol. The normalized spacial score (nSPS) is 12.4. The topological polar surface area (TPSA) is 24.9 Å². The molecule has 2 aromatic rings. The van der Waals surface area contributed by atoms with Gasteiger partial charge in [0.15, 0.2) is 0 Å². The van der Waals surface area contributed by atoms with Crippen LogP contribution in [0.25, 0.3) is 0 Å². The molecule has 0 aliphatic rings. The first kappa shape index (κ1) is 13.8. The number of aryl methyl sites for hydroxylation is 2. The molecule has 0 saturated carbocycles. The molecule has 100 valence electrons. The summed E-state index contributed by atoms with van der Waals surface area (Å²) in [6.45, 7) is 7.48. The molecular formula is C17H22N2. The Labute approximate surface area is 115 Å². The van der Waals surface area contributed by atoms with Gasteiger partial charge in [-0.2, -0.15) is 0 Å². The maximum Gasteiger partial charge on any atom is 0.0594 e. The van der Waals surface area contributed by atoms with Crippen LogP contribution in [-0.4, -0.2) is 11.5 Å². The van der Waals surface area contributed by atoms with Gasteiger partial charge in [0, 0.05) is 12.4 Å². The Morgan fingerprint density at radius 1 is 1.21 bits per heavy atom. The Kier molecular flexibility index (Phi) is 4.69. The fraction of sp³-hybridized carbons (Fsp3) is 0.353. The summed E-state index contributed by atoms with van der Waals surface area (Å²) in [6, 6.07) is 11.0. The van der Waals surface area contributed by atoms with Crippen molar-refractivity contribution in [2.75, 3.05) is 6.54 Å². The Hall–Kier alpha value is -1.67. The lowest BCUT2D eigenvalue weighted by Gasteiger charge is -2.21. The third-order valence-corrected chi connectivity index (χ3v) is 3.36. The van der Waals surface area contributed by atoms with E-state index in [9.17, 15) is 0 Å². The molecule has 0 aliphatic carbocycles. The van der Waals surface area contributed by atoms with Crippen LogP contribution < -0.4 is 5.32 Å². The van der Waals surface area contributed by atoms with Crippen LogP contribution in [0.1, 0.15) is 41.6 Å².